The predicted octanol–water partition coefficient (Wildman–Crippen LogP) is -3.51. The summed E-state index contributed by atoms with van der Waals surface area (Å²) in [6, 6.07) is 0. The van der Waals surface area contributed by atoms with Crippen molar-refractivity contribution < 1.29 is 54.0 Å². The molecule has 0 unspecified atom stereocenters. The summed E-state index contributed by atoms with van der Waals surface area (Å²) < 4.78 is 0. The first-order chi connectivity index (χ1) is 1.73. The van der Waals surface area contributed by atoms with Gasteiger partial charge in [0.15, 0.2) is 0 Å². The van der Waals surface area contributed by atoms with Gasteiger partial charge in [-0.2, -0.15) is 0 Å². The molecule has 0 aliphatic rings. The van der Waals surface area contributed by atoms with Crippen LogP contribution < -0.4 is 0 Å². The average molecular weight is 315 g/mol. The Kier molecular flexibility index (Phi) is 51.6. The van der Waals surface area contributed by atoms with Gasteiger partial charge in [0.1, 0.15) is 0 Å². The number of hydrogen-bond acceptors (Lipinski definition) is 3. The van der Waals surface area contributed by atoms with Crippen LogP contribution in [0.5, 0.6) is 0 Å². The normalized spacial score (nSPS) is 3.86. The molecule has 0 fully saturated rings. The van der Waals surface area contributed by atoms with Crippen molar-refractivity contribution in [2.45, 2.75) is 0 Å². The first-order valence-electron chi connectivity index (χ1n) is 0.775. The molecule has 0 bridgehead atoms. The van der Waals surface area contributed by atoms with Gasteiger partial charge < -0.3 is 15.1 Å². The molecule has 3 N–H and O–H groups in total. The quantitative estimate of drug-likeness (QED) is 0.407. The van der Waals surface area contributed by atoms with Crippen molar-refractivity contribution >= 4 is 31.2 Å². The molecule has 0 radical (unpaired) electrons. The molecular formula is H7BO3SnZn2. The molecule has 0 spiro atoms. The molecule has 0 amide bonds. The molecule has 7 heteroatoms. The molecule has 0 rings (SSSR count). The van der Waals surface area contributed by atoms with E-state index in [0.717, 1.165) is 0 Å². The third kappa shape index (κ3) is 72.4. The molecule has 0 aromatic heterocycles. The minimum atomic E-state index is -2.17. The van der Waals surface area contributed by atoms with Gasteiger partial charge in [-0.05, 0) is 0 Å². The zero-order valence-corrected chi connectivity index (χ0v) is 9.27. The third-order valence-electron chi connectivity index (χ3n) is 0. The number of hydrogen-bond donors (Lipinski definition) is 3. The Morgan fingerprint density at radius 3 is 0.857 bits per heavy atom. The fourth-order valence-electron chi connectivity index (χ4n) is 0. The molecule has 36 valence electrons. The van der Waals surface area contributed by atoms with Crippen LogP contribution in [0.2, 0.25) is 0 Å². The van der Waals surface area contributed by atoms with Gasteiger partial charge in [0.05, 0.1) is 0 Å². The predicted molar refractivity (Wildman–Crippen MR) is 23.7 cm³/mol. The molecule has 0 aliphatic carbocycles. The second-order valence-corrected chi connectivity index (χ2v) is 0.346. The van der Waals surface area contributed by atoms with Crippen LogP contribution in [0.3, 0.4) is 0 Å². The van der Waals surface area contributed by atoms with Crippen LogP contribution in [0.1, 0.15) is 0 Å². The van der Waals surface area contributed by atoms with Crippen LogP contribution >= 0.6 is 0 Å². The summed E-state index contributed by atoms with van der Waals surface area (Å²) in [4.78, 5) is 0. The van der Waals surface area contributed by atoms with Crippen LogP contribution in [-0.4, -0.2) is 46.3 Å². The zero-order valence-electron chi connectivity index (χ0n) is 3.33. The fraction of sp³-hybridized carbons (Fsp3) is 0. The minimum Gasteiger partial charge on any atom is 0 e. The summed E-state index contributed by atoms with van der Waals surface area (Å²) in [5.41, 5.74) is 0. The van der Waals surface area contributed by atoms with E-state index in [2.05, 4.69) is 0 Å². The van der Waals surface area contributed by atoms with Crippen LogP contribution in [0.15, 0.2) is 0 Å². The van der Waals surface area contributed by atoms with E-state index in [-0.39, 0.29) is 62.9 Å². The minimum absolute atomic E-state index is 0. The Bertz CT molecular complexity index is 17.7. The molecular weight excluding hydrogens is 308 g/mol. The first-order valence-corrected chi connectivity index (χ1v) is 0.775. The van der Waals surface area contributed by atoms with Crippen molar-refractivity contribution in [2.24, 2.45) is 0 Å². The van der Waals surface area contributed by atoms with E-state index in [9.17, 15) is 0 Å². The van der Waals surface area contributed by atoms with Crippen molar-refractivity contribution in [2.75, 3.05) is 0 Å². The van der Waals surface area contributed by atoms with E-state index in [4.69, 9.17) is 15.1 Å². The summed E-state index contributed by atoms with van der Waals surface area (Å²) in [5.74, 6) is 0. The summed E-state index contributed by atoms with van der Waals surface area (Å²) >= 11 is 0. The van der Waals surface area contributed by atoms with E-state index < -0.39 is 7.32 Å². The van der Waals surface area contributed by atoms with Gasteiger partial charge in [-0.1, -0.05) is 0 Å². The molecule has 0 aliphatic heterocycles. The monoisotopic (exact) mass is 314 g/mol. The fourth-order valence-corrected chi connectivity index (χ4v) is 0. The van der Waals surface area contributed by atoms with Crippen molar-refractivity contribution in [1.82, 2.24) is 0 Å². The van der Waals surface area contributed by atoms with Crippen LogP contribution in [0.25, 0.3) is 0 Å². The third-order valence-corrected chi connectivity index (χ3v) is 0. The average Bonchev–Trinajstić information content (AvgIpc) is 0.811. The Morgan fingerprint density at radius 1 is 0.857 bits per heavy atom. The van der Waals surface area contributed by atoms with Crippen molar-refractivity contribution in [1.29, 1.82) is 0 Å². The van der Waals surface area contributed by atoms with Gasteiger partial charge in [-0.25, -0.2) is 0 Å². The van der Waals surface area contributed by atoms with Crippen LogP contribution in [-0.2, 0) is 39.0 Å². The largest absolute Gasteiger partial charge is 0 e. The van der Waals surface area contributed by atoms with Gasteiger partial charge in [0, 0.05) is 39.0 Å². The molecule has 0 heterocycles. The molecule has 0 aromatic rings. The van der Waals surface area contributed by atoms with Crippen LogP contribution in [0.4, 0.5) is 0 Å². The second-order valence-electron chi connectivity index (χ2n) is 0.346. The number of rotatable bonds is 0. The van der Waals surface area contributed by atoms with Crippen molar-refractivity contribution in [3.63, 3.8) is 0 Å². The summed E-state index contributed by atoms with van der Waals surface area (Å²) in [6.07, 6.45) is 0. The Morgan fingerprint density at radius 2 is 0.857 bits per heavy atom. The molecule has 7 heavy (non-hydrogen) atoms. The maximum absolute atomic E-state index is 7.17. The zero-order chi connectivity index (χ0) is 3.58. The van der Waals surface area contributed by atoms with Gasteiger partial charge in [0.25, 0.3) is 0 Å². The van der Waals surface area contributed by atoms with Crippen LogP contribution in [0, 0.1) is 0 Å². The maximum Gasteiger partial charge on any atom is 0 e. The molecule has 0 saturated carbocycles. The first kappa shape index (κ1) is 23.0. The Balaban J connectivity index is -0.0000000150. The Labute approximate surface area is 84.5 Å². The van der Waals surface area contributed by atoms with E-state index in [1.165, 1.54) is 0 Å². The molecule has 0 saturated heterocycles. The smallest absolute Gasteiger partial charge is 0 e. The van der Waals surface area contributed by atoms with Crippen molar-refractivity contribution in [3.8, 4) is 0 Å². The summed E-state index contributed by atoms with van der Waals surface area (Å²) in [6.45, 7) is 0. The molecule has 3 nitrogen and oxygen atoms in total. The van der Waals surface area contributed by atoms with Gasteiger partial charge >= 0.3 is 31.2 Å². The Hall–Kier alpha value is 1.99. The van der Waals surface area contributed by atoms with Gasteiger partial charge in [-0.15, -0.1) is 0 Å². The topological polar surface area (TPSA) is 60.7 Å². The van der Waals surface area contributed by atoms with E-state index in [1.807, 2.05) is 0 Å². The van der Waals surface area contributed by atoms with E-state index in [1.54, 1.807) is 0 Å². The second kappa shape index (κ2) is 15.7. The van der Waals surface area contributed by atoms with Gasteiger partial charge in [-0.3, -0.25) is 0 Å². The SMILES string of the molecule is OB(O)O.[SnH4].[Zn].[Zn]. The summed E-state index contributed by atoms with van der Waals surface area (Å²) in [5, 5.41) is 21.5. The van der Waals surface area contributed by atoms with E-state index in [0.29, 0.717) is 0 Å². The molecule has 0 atom stereocenters. The molecule has 0 aromatic carbocycles. The van der Waals surface area contributed by atoms with Crippen molar-refractivity contribution in [3.05, 3.63) is 0 Å². The van der Waals surface area contributed by atoms with E-state index >= 15 is 0 Å². The standard InChI is InChI=1S/BH3O3.Sn.2Zn.4H/c2-1(3)4;;;;;;;/h2-4H;;;;;;;. The maximum atomic E-state index is 7.17. The van der Waals surface area contributed by atoms with Gasteiger partial charge in [0.2, 0.25) is 0 Å². The summed E-state index contributed by atoms with van der Waals surface area (Å²) in [7, 11) is -2.17.